The Hall–Kier alpha value is -3.68. The predicted molar refractivity (Wildman–Crippen MR) is 115 cm³/mol. The van der Waals surface area contributed by atoms with E-state index >= 15 is 0 Å². The molecule has 1 aliphatic heterocycles. The topological polar surface area (TPSA) is 96.0 Å². The van der Waals surface area contributed by atoms with Crippen LogP contribution in [0.15, 0.2) is 54.6 Å². The molecule has 0 saturated heterocycles. The van der Waals surface area contributed by atoms with Crippen molar-refractivity contribution in [3.63, 3.8) is 0 Å². The van der Waals surface area contributed by atoms with Crippen LogP contribution in [0, 0.1) is 0 Å². The molecule has 0 unspecified atom stereocenters. The zero-order valence-corrected chi connectivity index (χ0v) is 17.5. The molecule has 2 aromatic carbocycles. The lowest BCUT2D eigenvalue weighted by atomic mass is 10.1. The van der Waals surface area contributed by atoms with Crippen molar-refractivity contribution in [1.29, 1.82) is 0 Å². The molecule has 0 fully saturated rings. The molecule has 0 radical (unpaired) electrons. The van der Waals surface area contributed by atoms with Gasteiger partial charge in [0.25, 0.3) is 17.7 Å². The Morgan fingerprint density at radius 3 is 2.19 bits per heavy atom. The van der Waals surface area contributed by atoms with Gasteiger partial charge in [-0.25, -0.2) is 4.79 Å². The van der Waals surface area contributed by atoms with Crippen LogP contribution in [0.4, 0.5) is 5.69 Å². The van der Waals surface area contributed by atoms with E-state index in [1.807, 2.05) is 37.4 Å². The van der Waals surface area contributed by atoms with Crippen LogP contribution in [0.5, 0.6) is 0 Å². The number of para-hydroxylation sites is 1. The summed E-state index contributed by atoms with van der Waals surface area (Å²) in [6.07, 6.45) is 0.719. The molecule has 1 aliphatic rings. The number of ether oxygens (including phenoxy) is 1. The predicted octanol–water partition coefficient (Wildman–Crippen LogP) is 1.86. The van der Waals surface area contributed by atoms with Gasteiger partial charge in [-0.15, -0.1) is 0 Å². The standard InChI is InChI=1S/C23H25N3O5/c1-16(26-21(28)18-11-6-7-12-19(18)22(26)29)23(30)31-15-20(27)24-13-8-14-25(2)17-9-4-3-5-10-17/h3-7,9-12,16H,8,13-15H2,1-2H3,(H,24,27)/t16-/m0/s1. The lowest BCUT2D eigenvalue weighted by Gasteiger charge is -2.21. The van der Waals surface area contributed by atoms with E-state index in [4.69, 9.17) is 4.74 Å². The van der Waals surface area contributed by atoms with Crippen LogP contribution in [-0.4, -0.2) is 61.4 Å². The molecule has 162 valence electrons. The number of carbonyl (C=O) groups excluding carboxylic acids is 4. The first-order chi connectivity index (χ1) is 14.9. The summed E-state index contributed by atoms with van der Waals surface area (Å²) in [5.74, 6) is -2.34. The minimum atomic E-state index is -1.13. The number of nitrogens with one attached hydrogen (secondary N) is 1. The molecule has 3 rings (SSSR count). The highest BCUT2D eigenvalue weighted by Crippen LogP contribution is 2.24. The van der Waals surface area contributed by atoms with Gasteiger partial charge in [0.1, 0.15) is 6.04 Å². The van der Waals surface area contributed by atoms with E-state index < -0.39 is 36.3 Å². The van der Waals surface area contributed by atoms with Crippen LogP contribution in [0.2, 0.25) is 0 Å². The maximum Gasteiger partial charge on any atom is 0.329 e. The van der Waals surface area contributed by atoms with E-state index in [2.05, 4.69) is 10.2 Å². The third-order valence-electron chi connectivity index (χ3n) is 5.09. The highest BCUT2D eigenvalue weighted by Gasteiger charge is 2.41. The zero-order valence-electron chi connectivity index (χ0n) is 17.5. The Balaban J connectivity index is 1.40. The van der Waals surface area contributed by atoms with Crippen LogP contribution < -0.4 is 10.2 Å². The van der Waals surface area contributed by atoms with Gasteiger partial charge < -0.3 is 15.0 Å². The molecule has 0 bridgehead atoms. The van der Waals surface area contributed by atoms with Gasteiger partial charge in [0.15, 0.2) is 6.61 Å². The van der Waals surface area contributed by atoms with Crippen molar-refractivity contribution >= 4 is 29.4 Å². The van der Waals surface area contributed by atoms with Gasteiger partial charge in [-0.2, -0.15) is 0 Å². The second kappa shape index (κ2) is 9.88. The molecule has 1 heterocycles. The molecule has 1 atom stereocenters. The Kier molecular flexibility index (Phi) is 7.02. The normalized spacial score (nSPS) is 13.5. The van der Waals surface area contributed by atoms with Gasteiger partial charge in [0.2, 0.25) is 0 Å². The van der Waals surface area contributed by atoms with Crippen LogP contribution in [0.25, 0.3) is 0 Å². The number of benzene rings is 2. The fourth-order valence-electron chi connectivity index (χ4n) is 3.33. The molecule has 8 nitrogen and oxygen atoms in total. The van der Waals surface area contributed by atoms with Crippen LogP contribution in [-0.2, 0) is 14.3 Å². The lowest BCUT2D eigenvalue weighted by Crippen LogP contribution is -2.44. The number of fused-ring (bicyclic) bond motifs is 1. The summed E-state index contributed by atoms with van der Waals surface area (Å²) in [4.78, 5) is 52.1. The highest BCUT2D eigenvalue weighted by atomic mass is 16.5. The summed E-state index contributed by atoms with van der Waals surface area (Å²) < 4.78 is 5.01. The number of esters is 1. The first-order valence-corrected chi connectivity index (χ1v) is 10.1. The summed E-state index contributed by atoms with van der Waals surface area (Å²) in [7, 11) is 1.97. The van der Waals surface area contributed by atoms with Crippen molar-refractivity contribution in [2.45, 2.75) is 19.4 Å². The number of anilines is 1. The molecule has 1 N–H and O–H groups in total. The van der Waals surface area contributed by atoms with E-state index in [1.165, 1.54) is 19.1 Å². The van der Waals surface area contributed by atoms with E-state index in [0.29, 0.717) is 6.54 Å². The van der Waals surface area contributed by atoms with Gasteiger partial charge in [0, 0.05) is 25.8 Å². The van der Waals surface area contributed by atoms with Gasteiger partial charge in [-0.05, 0) is 37.6 Å². The summed E-state index contributed by atoms with van der Waals surface area (Å²) >= 11 is 0. The smallest absolute Gasteiger partial charge is 0.329 e. The van der Waals surface area contributed by atoms with Crippen molar-refractivity contribution in [2.24, 2.45) is 0 Å². The molecule has 8 heteroatoms. The zero-order chi connectivity index (χ0) is 22.4. The third-order valence-corrected chi connectivity index (χ3v) is 5.09. The Morgan fingerprint density at radius 1 is 1.00 bits per heavy atom. The van der Waals surface area contributed by atoms with Crippen LogP contribution in [0.3, 0.4) is 0 Å². The molecule has 31 heavy (non-hydrogen) atoms. The molecule has 0 saturated carbocycles. The van der Waals surface area contributed by atoms with Gasteiger partial charge >= 0.3 is 5.97 Å². The summed E-state index contributed by atoms with van der Waals surface area (Å²) in [6, 6.07) is 15.1. The van der Waals surface area contributed by atoms with Crippen molar-refractivity contribution < 1.29 is 23.9 Å². The minimum Gasteiger partial charge on any atom is -0.454 e. The van der Waals surface area contributed by atoms with Crippen molar-refractivity contribution in [1.82, 2.24) is 10.2 Å². The summed E-state index contributed by atoms with van der Waals surface area (Å²) in [5.41, 5.74) is 1.60. The van der Waals surface area contributed by atoms with Crippen molar-refractivity contribution in [3.8, 4) is 0 Å². The van der Waals surface area contributed by atoms with Crippen LogP contribution in [0.1, 0.15) is 34.1 Å². The number of rotatable bonds is 9. The van der Waals surface area contributed by atoms with Crippen molar-refractivity contribution in [2.75, 3.05) is 31.6 Å². The molecular weight excluding hydrogens is 398 g/mol. The quantitative estimate of drug-likeness (QED) is 0.376. The van der Waals surface area contributed by atoms with Gasteiger partial charge in [-0.1, -0.05) is 30.3 Å². The van der Waals surface area contributed by atoms with Gasteiger partial charge in [0.05, 0.1) is 11.1 Å². The number of amides is 3. The van der Waals surface area contributed by atoms with Crippen LogP contribution >= 0.6 is 0 Å². The highest BCUT2D eigenvalue weighted by molar-refractivity contribution is 6.22. The maximum absolute atomic E-state index is 12.4. The second-order valence-corrected chi connectivity index (χ2v) is 7.27. The number of hydrogen-bond acceptors (Lipinski definition) is 6. The molecule has 2 aromatic rings. The number of carbonyl (C=O) groups is 4. The average Bonchev–Trinajstić information content (AvgIpc) is 3.05. The summed E-state index contributed by atoms with van der Waals surface area (Å²) in [5, 5.41) is 2.69. The third kappa shape index (κ3) is 5.09. The van der Waals surface area contributed by atoms with E-state index in [-0.39, 0.29) is 11.1 Å². The molecule has 3 amide bonds. The number of nitrogens with zero attached hydrogens (tertiary/aromatic N) is 2. The lowest BCUT2D eigenvalue weighted by molar-refractivity contribution is -0.151. The Morgan fingerprint density at radius 2 is 1.58 bits per heavy atom. The monoisotopic (exact) mass is 423 g/mol. The minimum absolute atomic E-state index is 0.255. The fourth-order valence-corrected chi connectivity index (χ4v) is 3.33. The fraction of sp³-hybridized carbons (Fsp3) is 0.304. The number of imide groups is 1. The number of hydrogen-bond donors (Lipinski definition) is 1. The molecule has 0 aromatic heterocycles. The van der Waals surface area contributed by atoms with Gasteiger partial charge in [-0.3, -0.25) is 19.3 Å². The average molecular weight is 423 g/mol. The molecular formula is C23H25N3O5. The van der Waals surface area contributed by atoms with E-state index in [1.54, 1.807) is 12.1 Å². The largest absolute Gasteiger partial charge is 0.454 e. The van der Waals surface area contributed by atoms with E-state index in [0.717, 1.165) is 23.6 Å². The Bertz CT molecular complexity index is 941. The second-order valence-electron chi connectivity index (χ2n) is 7.27. The summed E-state index contributed by atoms with van der Waals surface area (Å²) in [6.45, 7) is 2.12. The molecule has 0 spiro atoms. The maximum atomic E-state index is 12.4. The first-order valence-electron chi connectivity index (χ1n) is 10.1. The first kappa shape index (κ1) is 22.0. The SMILES string of the molecule is C[C@@H](C(=O)OCC(=O)NCCCN(C)c1ccccc1)N1C(=O)c2ccccc2C1=O. The van der Waals surface area contributed by atoms with E-state index in [9.17, 15) is 19.2 Å². The van der Waals surface area contributed by atoms with Crippen molar-refractivity contribution in [3.05, 3.63) is 65.7 Å². The molecule has 0 aliphatic carbocycles. The Labute approximate surface area is 180 Å².